The van der Waals surface area contributed by atoms with Crippen molar-refractivity contribution in [3.63, 3.8) is 0 Å². The SMILES string of the molecule is CCOc1ccc(N2CCC(=O)NCC2=O)cc1. The van der Waals surface area contributed by atoms with E-state index in [4.69, 9.17) is 4.74 Å². The Hall–Kier alpha value is -2.04. The van der Waals surface area contributed by atoms with Crippen LogP contribution in [0.1, 0.15) is 13.3 Å². The Morgan fingerprint density at radius 1 is 1.28 bits per heavy atom. The molecule has 1 aliphatic rings. The van der Waals surface area contributed by atoms with Crippen LogP contribution in [0, 0.1) is 0 Å². The average Bonchev–Trinajstić information content (AvgIpc) is 2.54. The number of hydrogen-bond acceptors (Lipinski definition) is 3. The summed E-state index contributed by atoms with van der Waals surface area (Å²) in [5.74, 6) is 0.597. The number of nitrogens with one attached hydrogen (secondary N) is 1. The number of amides is 2. The van der Waals surface area contributed by atoms with Crippen molar-refractivity contribution in [2.45, 2.75) is 13.3 Å². The summed E-state index contributed by atoms with van der Waals surface area (Å²) in [5, 5.41) is 2.57. The molecule has 0 bridgehead atoms. The number of carbonyl (C=O) groups excluding carboxylic acids is 2. The molecule has 18 heavy (non-hydrogen) atoms. The molecule has 1 aromatic rings. The second kappa shape index (κ2) is 5.53. The van der Waals surface area contributed by atoms with Gasteiger partial charge in [-0.3, -0.25) is 9.59 Å². The first-order valence-corrected chi connectivity index (χ1v) is 6.00. The van der Waals surface area contributed by atoms with Gasteiger partial charge in [-0.15, -0.1) is 0 Å². The highest BCUT2D eigenvalue weighted by Crippen LogP contribution is 2.20. The van der Waals surface area contributed by atoms with E-state index in [0.29, 0.717) is 19.6 Å². The third kappa shape index (κ3) is 2.80. The predicted octanol–water partition coefficient (Wildman–Crippen LogP) is 0.938. The molecule has 1 fully saturated rings. The summed E-state index contributed by atoms with van der Waals surface area (Å²) >= 11 is 0. The minimum absolute atomic E-state index is 0.0616. The quantitative estimate of drug-likeness (QED) is 0.866. The van der Waals surface area contributed by atoms with Crippen LogP contribution < -0.4 is 15.0 Å². The predicted molar refractivity (Wildman–Crippen MR) is 67.6 cm³/mol. The van der Waals surface area contributed by atoms with E-state index >= 15 is 0 Å². The summed E-state index contributed by atoms with van der Waals surface area (Å²) in [7, 11) is 0. The standard InChI is InChI=1S/C13H16N2O3/c1-2-18-11-5-3-10(4-6-11)15-8-7-12(16)14-9-13(15)17/h3-6H,2,7-9H2,1H3,(H,14,16). The van der Waals surface area contributed by atoms with Gasteiger partial charge in [-0.2, -0.15) is 0 Å². The fourth-order valence-corrected chi connectivity index (χ4v) is 1.86. The van der Waals surface area contributed by atoms with Crippen molar-refractivity contribution in [2.24, 2.45) is 0 Å². The first-order valence-electron chi connectivity index (χ1n) is 6.00. The van der Waals surface area contributed by atoms with E-state index in [1.807, 2.05) is 31.2 Å². The van der Waals surface area contributed by atoms with Crippen molar-refractivity contribution in [3.05, 3.63) is 24.3 Å². The van der Waals surface area contributed by atoms with Gasteiger partial charge in [0.25, 0.3) is 0 Å². The van der Waals surface area contributed by atoms with Crippen molar-refractivity contribution in [1.29, 1.82) is 0 Å². The van der Waals surface area contributed by atoms with Gasteiger partial charge in [-0.25, -0.2) is 0 Å². The second-order valence-electron chi connectivity index (χ2n) is 4.00. The summed E-state index contributed by atoms with van der Waals surface area (Å²) in [6.45, 7) is 3.01. The number of carbonyl (C=O) groups is 2. The normalized spacial score (nSPS) is 16.2. The summed E-state index contributed by atoms with van der Waals surface area (Å²) in [6, 6.07) is 7.32. The number of benzene rings is 1. The van der Waals surface area contributed by atoms with Crippen LogP contribution in [-0.2, 0) is 9.59 Å². The third-order valence-corrected chi connectivity index (χ3v) is 2.76. The monoisotopic (exact) mass is 248 g/mol. The van der Waals surface area contributed by atoms with Gasteiger partial charge in [0.15, 0.2) is 0 Å². The van der Waals surface area contributed by atoms with Gasteiger partial charge in [0.05, 0.1) is 13.2 Å². The molecule has 1 heterocycles. The lowest BCUT2D eigenvalue weighted by molar-refractivity contribution is -0.123. The zero-order valence-electron chi connectivity index (χ0n) is 10.3. The second-order valence-corrected chi connectivity index (χ2v) is 4.00. The molecule has 1 saturated heterocycles. The Bertz CT molecular complexity index is 442. The number of nitrogens with zero attached hydrogens (tertiary/aromatic N) is 1. The van der Waals surface area contributed by atoms with Crippen molar-refractivity contribution >= 4 is 17.5 Å². The Morgan fingerprint density at radius 3 is 2.67 bits per heavy atom. The zero-order chi connectivity index (χ0) is 13.0. The molecule has 0 saturated carbocycles. The van der Waals surface area contributed by atoms with E-state index in [2.05, 4.69) is 5.32 Å². The van der Waals surface area contributed by atoms with Crippen LogP contribution in [0.5, 0.6) is 5.75 Å². The van der Waals surface area contributed by atoms with E-state index in [1.165, 1.54) is 0 Å². The minimum atomic E-state index is -0.0926. The fourth-order valence-electron chi connectivity index (χ4n) is 1.86. The first kappa shape index (κ1) is 12.4. The topological polar surface area (TPSA) is 58.6 Å². The number of hydrogen-bond donors (Lipinski definition) is 1. The Kier molecular flexibility index (Phi) is 3.82. The zero-order valence-corrected chi connectivity index (χ0v) is 10.3. The molecule has 96 valence electrons. The summed E-state index contributed by atoms with van der Waals surface area (Å²) in [6.07, 6.45) is 0.332. The van der Waals surface area contributed by atoms with Gasteiger partial charge < -0.3 is 15.0 Å². The molecular weight excluding hydrogens is 232 g/mol. The van der Waals surface area contributed by atoms with Crippen molar-refractivity contribution < 1.29 is 14.3 Å². The van der Waals surface area contributed by atoms with Crippen LogP contribution in [0.25, 0.3) is 0 Å². The number of ether oxygens (including phenoxy) is 1. The van der Waals surface area contributed by atoms with Gasteiger partial charge >= 0.3 is 0 Å². The van der Waals surface area contributed by atoms with Gasteiger partial charge in [0.2, 0.25) is 11.8 Å². The minimum Gasteiger partial charge on any atom is -0.494 e. The maximum atomic E-state index is 11.9. The van der Waals surface area contributed by atoms with Crippen LogP contribution in [-0.4, -0.2) is 31.5 Å². The van der Waals surface area contributed by atoms with E-state index in [-0.39, 0.29) is 18.4 Å². The number of rotatable bonds is 3. The van der Waals surface area contributed by atoms with Crippen molar-refractivity contribution in [2.75, 3.05) is 24.6 Å². The van der Waals surface area contributed by atoms with Crippen LogP contribution in [0.3, 0.4) is 0 Å². The molecule has 0 unspecified atom stereocenters. The Balaban J connectivity index is 2.14. The van der Waals surface area contributed by atoms with Crippen molar-refractivity contribution in [1.82, 2.24) is 5.32 Å². The molecule has 0 radical (unpaired) electrons. The summed E-state index contributed by atoms with van der Waals surface area (Å²) < 4.78 is 5.35. The van der Waals surface area contributed by atoms with Gasteiger partial charge in [0, 0.05) is 18.7 Å². The van der Waals surface area contributed by atoms with Crippen LogP contribution in [0.4, 0.5) is 5.69 Å². The maximum Gasteiger partial charge on any atom is 0.246 e. The van der Waals surface area contributed by atoms with Gasteiger partial charge in [0.1, 0.15) is 5.75 Å². The van der Waals surface area contributed by atoms with E-state index in [9.17, 15) is 9.59 Å². The van der Waals surface area contributed by atoms with E-state index in [1.54, 1.807) is 4.90 Å². The summed E-state index contributed by atoms with van der Waals surface area (Å²) in [5.41, 5.74) is 0.792. The third-order valence-electron chi connectivity index (χ3n) is 2.76. The molecule has 1 aromatic carbocycles. The molecule has 0 aromatic heterocycles. The average molecular weight is 248 g/mol. The lowest BCUT2D eigenvalue weighted by Gasteiger charge is -2.20. The molecule has 0 aliphatic carbocycles. The highest BCUT2D eigenvalue weighted by Gasteiger charge is 2.21. The van der Waals surface area contributed by atoms with Gasteiger partial charge in [-0.05, 0) is 31.2 Å². The molecule has 0 spiro atoms. The van der Waals surface area contributed by atoms with Crippen LogP contribution in [0.2, 0.25) is 0 Å². The lowest BCUT2D eigenvalue weighted by Crippen LogP contribution is -2.35. The maximum absolute atomic E-state index is 11.9. The molecule has 0 atom stereocenters. The van der Waals surface area contributed by atoms with Gasteiger partial charge in [-0.1, -0.05) is 0 Å². The molecule has 5 heteroatoms. The van der Waals surface area contributed by atoms with E-state index in [0.717, 1.165) is 11.4 Å². The molecule has 1 N–H and O–H groups in total. The molecular formula is C13H16N2O3. The molecule has 5 nitrogen and oxygen atoms in total. The largest absolute Gasteiger partial charge is 0.494 e. The highest BCUT2D eigenvalue weighted by atomic mass is 16.5. The van der Waals surface area contributed by atoms with Crippen molar-refractivity contribution in [3.8, 4) is 5.75 Å². The first-order chi connectivity index (χ1) is 8.70. The molecule has 1 aliphatic heterocycles. The fraction of sp³-hybridized carbons (Fsp3) is 0.385. The lowest BCUT2D eigenvalue weighted by atomic mass is 10.2. The van der Waals surface area contributed by atoms with Crippen LogP contribution >= 0.6 is 0 Å². The molecule has 2 amide bonds. The number of anilines is 1. The smallest absolute Gasteiger partial charge is 0.246 e. The Morgan fingerprint density at radius 2 is 2.00 bits per heavy atom. The highest BCUT2D eigenvalue weighted by molar-refractivity contribution is 5.98. The Labute approximate surface area is 106 Å². The van der Waals surface area contributed by atoms with Crippen LogP contribution in [0.15, 0.2) is 24.3 Å². The van der Waals surface area contributed by atoms with E-state index < -0.39 is 0 Å². The molecule has 2 rings (SSSR count). The summed E-state index contributed by atoms with van der Waals surface area (Å²) in [4.78, 5) is 24.7.